The van der Waals surface area contributed by atoms with Gasteiger partial charge < -0.3 is 14.4 Å². The number of non-ortho nitro benzene ring substituents is 1. The van der Waals surface area contributed by atoms with Gasteiger partial charge in [0.25, 0.3) is 11.6 Å². The number of nitrogens with zero attached hydrogens (tertiary/aromatic N) is 4. The highest BCUT2D eigenvalue weighted by molar-refractivity contribution is 5.96. The first kappa shape index (κ1) is 28.2. The molecule has 0 atom stereocenters. The second-order valence-corrected chi connectivity index (χ2v) is 9.82. The minimum atomic E-state index is -0.522. The summed E-state index contributed by atoms with van der Waals surface area (Å²) in [6, 6.07) is 24.9. The van der Waals surface area contributed by atoms with E-state index in [-0.39, 0.29) is 41.5 Å². The number of carbonyl (C=O) groups excluding carboxylic acids is 2. The van der Waals surface area contributed by atoms with Gasteiger partial charge in [-0.3, -0.25) is 19.7 Å². The molecule has 40 heavy (non-hydrogen) atoms. The molecule has 8 nitrogen and oxygen atoms in total. The molecule has 9 heteroatoms. The van der Waals surface area contributed by atoms with Crippen molar-refractivity contribution < 1.29 is 18.9 Å². The molecule has 2 amide bonds. The van der Waals surface area contributed by atoms with Crippen molar-refractivity contribution in [2.24, 2.45) is 0 Å². The van der Waals surface area contributed by atoms with Gasteiger partial charge in [0.1, 0.15) is 12.4 Å². The second-order valence-electron chi connectivity index (χ2n) is 9.82. The van der Waals surface area contributed by atoms with Crippen molar-refractivity contribution in [2.75, 3.05) is 6.54 Å². The normalized spacial score (nSPS) is 10.9. The van der Waals surface area contributed by atoms with E-state index in [4.69, 9.17) is 0 Å². The van der Waals surface area contributed by atoms with Gasteiger partial charge in [0.15, 0.2) is 0 Å². The zero-order valence-corrected chi connectivity index (χ0v) is 22.4. The van der Waals surface area contributed by atoms with Crippen molar-refractivity contribution >= 4 is 17.5 Å². The fourth-order valence-electron chi connectivity index (χ4n) is 4.39. The number of hydrogen-bond donors (Lipinski definition) is 0. The highest BCUT2D eigenvalue weighted by atomic mass is 19.1. The van der Waals surface area contributed by atoms with Gasteiger partial charge >= 0.3 is 0 Å². The first-order valence-corrected chi connectivity index (χ1v) is 13.0. The van der Waals surface area contributed by atoms with Crippen LogP contribution in [-0.2, 0) is 24.4 Å². The van der Waals surface area contributed by atoms with E-state index in [1.165, 1.54) is 41.3 Å². The highest BCUT2D eigenvalue weighted by Crippen LogP contribution is 2.18. The lowest BCUT2D eigenvalue weighted by Crippen LogP contribution is -2.45. The molecule has 206 valence electrons. The van der Waals surface area contributed by atoms with Gasteiger partial charge in [0.05, 0.1) is 11.5 Å². The number of rotatable bonds is 11. The Balaban J connectivity index is 1.56. The van der Waals surface area contributed by atoms with Crippen molar-refractivity contribution in [3.8, 4) is 0 Å². The molecule has 1 aromatic heterocycles. The molecule has 0 radical (unpaired) electrons. The van der Waals surface area contributed by atoms with Crippen molar-refractivity contribution in [2.45, 2.75) is 39.5 Å². The van der Waals surface area contributed by atoms with E-state index in [0.29, 0.717) is 19.6 Å². The van der Waals surface area contributed by atoms with Crippen LogP contribution in [0.25, 0.3) is 0 Å². The summed E-state index contributed by atoms with van der Waals surface area (Å²) in [5.74, 6) is -0.908. The molecule has 0 aliphatic heterocycles. The van der Waals surface area contributed by atoms with Crippen LogP contribution in [0.1, 0.15) is 41.0 Å². The lowest BCUT2D eigenvalue weighted by molar-refractivity contribution is -0.384. The lowest BCUT2D eigenvalue weighted by Gasteiger charge is -2.30. The van der Waals surface area contributed by atoms with Gasteiger partial charge in [-0.05, 0) is 61.4 Å². The van der Waals surface area contributed by atoms with Gasteiger partial charge in [-0.1, -0.05) is 42.5 Å². The van der Waals surface area contributed by atoms with Crippen LogP contribution in [-0.4, -0.2) is 43.7 Å². The third-order valence-electron chi connectivity index (χ3n) is 6.63. The molecule has 0 N–H and O–H groups in total. The summed E-state index contributed by atoms with van der Waals surface area (Å²) in [5, 5.41) is 11.0. The molecule has 0 aliphatic carbocycles. The summed E-state index contributed by atoms with van der Waals surface area (Å²) in [6.07, 6.45) is 1.92. The van der Waals surface area contributed by atoms with E-state index < -0.39 is 4.92 Å². The Morgan fingerprint density at radius 3 is 2.17 bits per heavy atom. The first-order valence-electron chi connectivity index (χ1n) is 13.0. The van der Waals surface area contributed by atoms with Crippen molar-refractivity contribution in [3.05, 3.63) is 136 Å². The summed E-state index contributed by atoms with van der Waals surface area (Å²) < 4.78 is 15.4. The van der Waals surface area contributed by atoms with E-state index in [2.05, 4.69) is 0 Å². The Hall–Kier alpha value is -4.79. The predicted octanol–water partition coefficient (Wildman–Crippen LogP) is 5.66. The molecule has 1 heterocycles. The molecule has 0 unspecified atom stereocenters. The fraction of sp³-hybridized carbons (Fsp3) is 0.226. The number of carbonyl (C=O) groups is 2. The third kappa shape index (κ3) is 7.19. The highest BCUT2D eigenvalue weighted by Gasteiger charge is 2.26. The molecule has 4 rings (SSSR count). The number of amides is 2. The van der Waals surface area contributed by atoms with Crippen LogP contribution in [0.3, 0.4) is 0 Å². The molecular weight excluding hydrogens is 511 g/mol. The minimum Gasteiger partial charge on any atom is -0.345 e. The summed E-state index contributed by atoms with van der Waals surface area (Å²) >= 11 is 0. The Kier molecular flexibility index (Phi) is 9.06. The zero-order valence-electron chi connectivity index (χ0n) is 22.4. The lowest BCUT2D eigenvalue weighted by atomic mass is 10.1. The molecule has 3 aromatic carbocycles. The van der Waals surface area contributed by atoms with Crippen LogP contribution in [0.4, 0.5) is 10.1 Å². The average molecular weight is 543 g/mol. The quantitative estimate of drug-likeness (QED) is 0.181. The molecule has 0 saturated carbocycles. The van der Waals surface area contributed by atoms with Gasteiger partial charge in [0, 0.05) is 48.7 Å². The number of benzene rings is 3. The SMILES string of the molecule is CC(C)N(CC(=O)N(Cc1ccccc1)Cc1cccn1Cc1ccc(F)cc1)C(=O)c1ccc([N+](=O)[O-])cc1. The maximum Gasteiger partial charge on any atom is 0.269 e. The van der Waals surface area contributed by atoms with Gasteiger partial charge in [-0.15, -0.1) is 0 Å². The van der Waals surface area contributed by atoms with Crippen LogP contribution in [0.15, 0.2) is 97.2 Å². The number of aromatic nitrogens is 1. The van der Waals surface area contributed by atoms with Crippen LogP contribution in [0.5, 0.6) is 0 Å². The number of hydrogen-bond acceptors (Lipinski definition) is 4. The second kappa shape index (κ2) is 12.8. The molecule has 0 fully saturated rings. The summed E-state index contributed by atoms with van der Waals surface area (Å²) in [5.41, 5.74) is 2.94. The predicted molar refractivity (Wildman–Crippen MR) is 150 cm³/mol. The van der Waals surface area contributed by atoms with E-state index in [1.54, 1.807) is 17.0 Å². The van der Waals surface area contributed by atoms with E-state index >= 15 is 0 Å². The van der Waals surface area contributed by atoms with Gasteiger partial charge in [-0.25, -0.2) is 4.39 Å². The molecular formula is C31H31FN4O4. The molecule has 4 aromatic rings. The number of nitro groups is 1. The Morgan fingerprint density at radius 1 is 0.875 bits per heavy atom. The average Bonchev–Trinajstić information content (AvgIpc) is 3.38. The smallest absolute Gasteiger partial charge is 0.269 e. The molecule has 0 bridgehead atoms. The summed E-state index contributed by atoms with van der Waals surface area (Å²) in [4.78, 5) is 40.8. The Morgan fingerprint density at radius 2 is 1.55 bits per heavy atom. The van der Waals surface area contributed by atoms with Crippen LogP contribution < -0.4 is 0 Å². The third-order valence-corrected chi connectivity index (χ3v) is 6.63. The standard InChI is InChI=1S/C31H31FN4O4/c1-23(2)35(31(38)26-12-16-28(17-13-26)36(39)40)22-30(37)34(20-24-7-4-3-5-8-24)21-29-9-6-18-33(29)19-25-10-14-27(32)15-11-25/h3-18,23H,19-22H2,1-2H3. The van der Waals surface area contributed by atoms with Crippen LogP contribution in [0.2, 0.25) is 0 Å². The van der Waals surface area contributed by atoms with Gasteiger partial charge in [-0.2, -0.15) is 0 Å². The monoisotopic (exact) mass is 542 g/mol. The topological polar surface area (TPSA) is 88.7 Å². The number of halogens is 1. The Bertz CT molecular complexity index is 1450. The van der Waals surface area contributed by atoms with Gasteiger partial charge in [0.2, 0.25) is 5.91 Å². The van der Waals surface area contributed by atoms with Crippen LogP contribution >= 0.6 is 0 Å². The number of nitro benzene ring substituents is 1. The maximum atomic E-state index is 13.8. The fourth-order valence-corrected chi connectivity index (χ4v) is 4.39. The largest absolute Gasteiger partial charge is 0.345 e. The Labute approximate surface area is 232 Å². The molecule has 0 aliphatic rings. The van der Waals surface area contributed by atoms with Crippen molar-refractivity contribution in [1.29, 1.82) is 0 Å². The van der Waals surface area contributed by atoms with E-state index in [1.807, 2.05) is 67.1 Å². The van der Waals surface area contributed by atoms with E-state index in [0.717, 1.165) is 16.8 Å². The van der Waals surface area contributed by atoms with Crippen molar-refractivity contribution in [1.82, 2.24) is 14.4 Å². The summed E-state index contributed by atoms with van der Waals surface area (Å²) in [6.45, 7) is 4.67. The molecule has 0 spiro atoms. The van der Waals surface area contributed by atoms with Crippen molar-refractivity contribution in [3.63, 3.8) is 0 Å². The van der Waals surface area contributed by atoms with E-state index in [9.17, 15) is 24.1 Å². The summed E-state index contributed by atoms with van der Waals surface area (Å²) in [7, 11) is 0. The maximum absolute atomic E-state index is 13.8. The zero-order chi connectivity index (χ0) is 28.6. The first-order chi connectivity index (χ1) is 19.2. The van der Waals surface area contributed by atoms with Crippen LogP contribution in [0, 0.1) is 15.9 Å². The minimum absolute atomic E-state index is 0.110. The molecule has 0 saturated heterocycles.